The molecule has 1 aliphatic heterocycles. The SMILES string of the molecule is COC(=O)c1noc2c1CCSc1cc(C(F)(F)F)ccc1-2. The molecule has 0 N–H and O–H groups in total. The maximum atomic E-state index is 12.8. The van der Waals surface area contributed by atoms with Gasteiger partial charge >= 0.3 is 12.1 Å². The van der Waals surface area contributed by atoms with Crippen LogP contribution in [-0.2, 0) is 17.3 Å². The van der Waals surface area contributed by atoms with Gasteiger partial charge in [-0.3, -0.25) is 0 Å². The Morgan fingerprint density at radius 1 is 1.41 bits per heavy atom. The highest BCUT2D eigenvalue weighted by molar-refractivity contribution is 7.99. The first-order chi connectivity index (χ1) is 10.4. The topological polar surface area (TPSA) is 52.3 Å². The highest BCUT2D eigenvalue weighted by atomic mass is 32.2. The first kappa shape index (κ1) is 15.0. The Balaban J connectivity index is 2.12. The third kappa shape index (κ3) is 2.47. The predicted octanol–water partition coefficient (Wildman–Crippen LogP) is 3.80. The van der Waals surface area contributed by atoms with Crippen molar-refractivity contribution in [3.8, 4) is 11.3 Å². The van der Waals surface area contributed by atoms with Gasteiger partial charge in [-0.2, -0.15) is 13.2 Å². The van der Waals surface area contributed by atoms with Crippen LogP contribution in [0.15, 0.2) is 27.6 Å². The molecule has 2 heterocycles. The lowest BCUT2D eigenvalue weighted by atomic mass is 10.0. The number of esters is 1. The zero-order valence-electron chi connectivity index (χ0n) is 11.4. The summed E-state index contributed by atoms with van der Waals surface area (Å²) in [5.74, 6) is 0.228. The number of thioether (sulfide) groups is 1. The maximum Gasteiger partial charge on any atom is 0.416 e. The van der Waals surface area contributed by atoms with Crippen molar-refractivity contribution in [3.05, 3.63) is 35.0 Å². The van der Waals surface area contributed by atoms with Crippen LogP contribution in [0.25, 0.3) is 11.3 Å². The lowest BCUT2D eigenvalue weighted by Gasteiger charge is -2.10. The van der Waals surface area contributed by atoms with E-state index in [1.165, 1.54) is 24.9 Å². The number of hydrogen-bond donors (Lipinski definition) is 0. The minimum Gasteiger partial charge on any atom is -0.464 e. The Kier molecular flexibility index (Phi) is 3.64. The summed E-state index contributed by atoms with van der Waals surface area (Å²) in [5, 5.41) is 3.70. The quantitative estimate of drug-likeness (QED) is 0.745. The average Bonchev–Trinajstić information content (AvgIpc) is 2.80. The van der Waals surface area contributed by atoms with Gasteiger partial charge in [0.25, 0.3) is 0 Å². The Hall–Kier alpha value is -1.96. The van der Waals surface area contributed by atoms with E-state index in [9.17, 15) is 18.0 Å². The van der Waals surface area contributed by atoms with Gasteiger partial charge in [-0.05, 0) is 24.6 Å². The van der Waals surface area contributed by atoms with Gasteiger partial charge in [0.05, 0.1) is 12.7 Å². The Morgan fingerprint density at radius 3 is 2.86 bits per heavy atom. The maximum absolute atomic E-state index is 12.8. The number of benzene rings is 1. The van der Waals surface area contributed by atoms with Crippen molar-refractivity contribution in [2.75, 3.05) is 12.9 Å². The van der Waals surface area contributed by atoms with Crippen LogP contribution in [0.2, 0.25) is 0 Å². The van der Waals surface area contributed by atoms with Gasteiger partial charge < -0.3 is 9.26 Å². The minimum absolute atomic E-state index is 0.0749. The molecule has 1 aromatic carbocycles. The molecule has 0 saturated carbocycles. The molecule has 0 amide bonds. The summed E-state index contributed by atoms with van der Waals surface area (Å²) in [6, 6.07) is 3.44. The summed E-state index contributed by atoms with van der Waals surface area (Å²) in [5.41, 5.74) is 0.437. The average molecular weight is 329 g/mol. The normalized spacial score (nSPS) is 14.0. The number of fused-ring (bicyclic) bond motifs is 3. The molecule has 3 rings (SSSR count). The van der Waals surface area contributed by atoms with Crippen LogP contribution in [0.5, 0.6) is 0 Å². The number of carbonyl (C=O) groups is 1. The van der Waals surface area contributed by atoms with E-state index in [1.807, 2.05) is 0 Å². The van der Waals surface area contributed by atoms with E-state index in [0.717, 1.165) is 12.1 Å². The fourth-order valence-corrected chi connectivity index (χ4v) is 3.33. The Bertz CT molecular complexity index is 739. The predicted molar refractivity (Wildman–Crippen MR) is 72.7 cm³/mol. The monoisotopic (exact) mass is 329 g/mol. The van der Waals surface area contributed by atoms with Gasteiger partial charge in [-0.25, -0.2) is 4.79 Å². The molecule has 0 aliphatic carbocycles. The first-order valence-corrected chi connectivity index (χ1v) is 7.31. The number of hydrogen-bond acceptors (Lipinski definition) is 5. The standard InChI is InChI=1S/C14H10F3NO3S/c1-20-13(19)11-9-4-5-22-10-6-7(14(15,16)17)2-3-8(10)12(9)21-18-11/h2-3,6H,4-5H2,1H3. The van der Waals surface area contributed by atoms with Crippen molar-refractivity contribution in [3.63, 3.8) is 0 Å². The van der Waals surface area contributed by atoms with E-state index in [2.05, 4.69) is 9.89 Å². The van der Waals surface area contributed by atoms with Crippen LogP contribution in [0.4, 0.5) is 13.2 Å². The van der Waals surface area contributed by atoms with E-state index in [-0.39, 0.29) is 5.69 Å². The van der Waals surface area contributed by atoms with Gasteiger partial charge in [-0.1, -0.05) is 5.16 Å². The molecule has 0 saturated heterocycles. The van der Waals surface area contributed by atoms with Crippen LogP contribution in [0, 0.1) is 0 Å². The third-order valence-electron chi connectivity index (χ3n) is 3.33. The van der Waals surface area contributed by atoms with E-state index < -0.39 is 17.7 Å². The molecule has 22 heavy (non-hydrogen) atoms. The van der Waals surface area contributed by atoms with Crippen LogP contribution in [0.1, 0.15) is 21.6 Å². The Morgan fingerprint density at radius 2 is 2.18 bits per heavy atom. The third-order valence-corrected chi connectivity index (χ3v) is 4.39. The fraction of sp³-hybridized carbons (Fsp3) is 0.286. The lowest BCUT2D eigenvalue weighted by Crippen LogP contribution is -2.05. The van der Waals surface area contributed by atoms with Crippen molar-refractivity contribution < 1.29 is 27.2 Å². The van der Waals surface area contributed by atoms with Crippen LogP contribution < -0.4 is 0 Å². The Labute approximate surface area is 127 Å². The molecule has 4 nitrogen and oxygen atoms in total. The highest BCUT2D eigenvalue weighted by Crippen LogP contribution is 2.42. The molecule has 1 aromatic heterocycles. The number of ether oxygens (including phenoxy) is 1. The molecule has 0 radical (unpaired) electrons. The zero-order chi connectivity index (χ0) is 15.9. The number of nitrogens with zero attached hydrogens (tertiary/aromatic N) is 1. The smallest absolute Gasteiger partial charge is 0.416 e. The summed E-state index contributed by atoms with van der Waals surface area (Å²) < 4.78 is 48.2. The molecule has 0 fully saturated rings. The number of methoxy groups -OCH3 is 1. The first-order valence-electron chi connectivity index (χ1n) is 6.33. The summed E-state index contributed by atoms with van der Waals surface area (Å²) in [7, 11) is 1.23. The van der Waals surface area contributed by atoms with Crippen LogP contribution in [0.3, 0.4) is 0 Å². The molecule has 8 heteroatoms. The van der Waals surface area contributed by atoms with Gasteiger partial charge in [0.2, 0.25) is 0 Å². The van der Waals surface area contributed by atoms with Gasteiger partial charge in [0, 0.05) is 21.8 Å². The lowest BCUT2D eigenvalue weighted by molar-refractivity contribution is -0.137. The number of carbonyl (C=O) groups excluding carboxylic acids is 1. The molecule has 0 unspecified atom stereocenters. The molecule has 0 spiro atoms. The minimum atomic E-state index is -4.40. The molecule has 0 bridgehead atoms. The number of alkyl halides is 3. The molecular weight excluding hydrogens is 319 g/mol. The van der Waals surface area contributed by atoms with Crippen molar-refractivity contribution in [1.29, 1.82) is 0 Å². The van der Waals surface area contributed by atoms with E-state index in [1.54, 1.807) is 0 Å². The van der Waals surface area contributed by atoms with Crippen molar-refractivity contribution in [2.45, 2.75) is 17.5 Å². The summed E-state index contributed by atoms with van der Waals surface area (Å²) in [6.07, 6.45) is -3.94. The molecule has 1 aliphatic rings. The van der Waals surface area contributed by atoms with E-state index >= 15 is 0 Å². The molecule has 116 valence electrons. The number of aromatic nitrogens is 1. The number of rotatable bonds is 1. The molecule has 0 atom stereocenters. The largest absolute Gasteiger partial charge is 0.464 e. The van der Waals surface area contributed by atoms with Crippen molar-refractivity contribution in [2.24, 2.45) is 0 Å². The van der Waals surface area contributed by atoms with Gasteiger partial charge in [-0.15, -0.1) is 11.8 Å². The zero-order valence-corrected chi connectivity index (χ0v) is 12.2. The second-order valence-corrected chi connectivity index (χ2v) is 5.77. The molecular formula is C14H10F3NO3S. The molecule has 2 aromatic rings. The summed E-state index contributed by atoms with van der Waals surface area (Å²) in [4.78, 5) is 12.1. The second-order valence-electron chi connectivity index (χ2n) is 4.64. The van der Waals surface area contributed by atoms with Gasteiger partial charge in [0.1, 0.15) is 0 Å². The highest BCUT2D eigenvalue weighted by Gasteiger charge is 2.33. The van der Waals surface area contributed by atoms with E-state index in [4.69, 9.17) is 4.52 Å². The van der Waals surface area contributed by atoms with E-state index in [0.29, 0.717) is 34.0 Å². The van der Waals surface area contributed by atoms with Crippen molar-refractivity contribution >= 4 is 17.7 Å². The summed E-state index contributed by atoms with van der Waals surface area (Å²) in [6.45, 7) is 0. The van der Waals surface area contributed by atoms with Crippen LogP contribution in [-0.4, -0.2) is 24.0 Å². The van der Waals surface area contributed by atoms with Crippen molar-refractivity contribution in [1.82, 2.24) is 5.16 Å². The fourth-order valence-electron chi connectivity index (χ4n) is 2.28. The van der Waals surface area contributed by atoms with Gasteiger partial charge in [0.15, 0.2) is 11.5 Å². The van der Waals surface area contributed by atoms with Crippen LogP contribution >= 0.6 is 11.8 Å². The number of halogens is 3. The second kappa shape index (κ2) is 5.35. The summed E-state index contributed by atoms with van der Waals surface area (Å²) >= 11 is 1.29.